The molecule has 16 heavy (non-hydrogen) atoms. The summed E-state index contributed by atoms with van der Waals surface area (Å²) in [6, 6.07) is 0. The highest BCUT2D eigenvalue weighted by molar-refractivity contribution is 5.91. The predicted molar refractivity (Wildman–Crippen MR) is 57.3 cm³/mol. The van der Waals surface area contributed by atoms with Gasteiger partial charge in [-0.25, -0.2) is 5.48 Å². The molecule has 0 spiro atoms. The molecule has 1 saturated carbocycles. The first-order valence-electron chi connectivity index (χ1n) is 5.43. The second-order valence-corrected chi connectivity index (χ2v) is 5.29. The van der Waals surface area contributed by atoms with Gasteiger partial charge in [0.25, 0.3) is 0 Å². The van der Waals surface area contributed by atoms with Gasteiger partial charge in [0.1, 0.15) is 0 Å². The van der Waals surface area contributed by atoms with Crippen molar-refractivity contribution in [1.29, 1.82) is 0 Å². The van der Waals surface area contributed by atoms with E-state index in [2.05, 4.69) is 5.48 Å². The number of carbonyl (C=O) groups is 2. The Morgan fingerprint density at radius 1 is 1.38 bits per heavy atom. The summed E-state index contributed by atoms with van der Waals surface area (Å²) in [5.74, 6) is -2.03. The van der Waals surface area contributed by atoms with Gasteiger partial charge in [0.05, 0.1) is 18.4 Å². The van der Waals surface area contributed by atoms with Gasteiger partial charge in [-0.2, -0.15) is 0 Å². The quantitative estimate of drug-likeness (QED) is 0.691. The van der Waals surface area contributed by atoms with Crippen molar-refractivity contribution in [3.8, 4) is 0 Å². The molecule has 2 atom stereocenters. The van der Waals surface area contributed by atoms with Gasteiger partial charge in [-0.05, 0) is 11.3 Å². The van der Waals surface area contributed by atoms with Crippen molar-refractivity contribution in [3.05, 3.63) is 0 Å². The Hall–Kier alpha value is -1.10. The zero-order valence-corrected chi connectivity index (χ0v) is 10.1. The SMILES string of the molecule is CC(C)CONC(=O)C1C(C(=O)O)C1(C)C. The number of rotatable bonds is 5. The molecule has 0 aromatic carbocycles. The first-order chi connectivity index (χ1) is 7.28. The van der Waals surface area contributed by atoms with Gasteiger partial charge >= 0.3 is 5.97 Å². The first-order valence-corrected chi connectivity index (χ1v) is 5.43. The molecule has 1 fully saturated rings. The molecule has 1 aliphatic rings. The number of amides is 1. The van der Waals surface area contributed by atoms with E-state index in [4.69, 9.17) is 9.94 Å². The molecule has 0 bridgehead atoms. The molecule has 1 rings (SSSR count). The van der Waals surface area contributed by atoms with Crippen molar-refractivity contribution < 1.29 is 19.5 Å². The van der Waals surface area contributed by atoms with Gasteiger partial charge in [-0.1, -0.05) is 27.7 Å². The number of hydroxylamine groups is 1. The highest BCUT2D eigenvalue weighted by Gasteiger charge is 2.66. The van der Waals surface area contributed by atoms with Crippen LogP contribution in [0.5, 0.6) is 0 Å². The van der Waals surface area contributed by atoms with Gasteiger partial charge in [0.15, 0.2) is 0 Å². The number of hydrogen-bond acceptors (Lipinski definition) is 3. The van der Waals surface area contributed by atoms with Crippen molar-refractivity contribution in [3.63, 3.8) is 0 Å². The van der Waals surface area contributed by atoms with E-state index in [0.29, 0.717) is 12.5 Å². The summed E-state index contributed by atoms with van der Waals surface area (Å²) < 4.78 is 0. The van der Waals surface area contributed by atoms with Crippen LogP contribution in [-0.2, 0) is 14.4 Å². The molecule has 2 unspecified atom stereocenters. The molecule has 0 heterocycles. The van der Waals surface area contributed by atoms with Crippen LogP contribution in [-0.4, -0.2) is 23.6 Å². The second kappa shape index (κ2) is 4.41. The zero-order valence-electron chi connectivity index (χ0n) is 10.1. The molecular weight excluding hydrogens is 210 g/mol. The fourth-order valence-corrected chi connectivity index (χ4v) is 1.93. The Bertz CT molecular complexity index is 298. The van der Waals surface area contributed by atoms with E-state index in [1.165, 1.54) is 0 Å². The summed E-state index contributed by atoms with van der Waals surface area (Å²) in [5.41, 5.74) is 1.84. The standard InChI is InChI=1S/C11H19NO4/c1-6(2)5-16-12-9(13)7-8(10(14)15)11(7,3)4/h6-8H,5H2,1-4H3,(H,12,13)(H,14,15). The van der Waals surface area contributed by atoms with E-state index >= 15 is 0 Å². The fourth-order valence-electron chi connectivity index (χ4n) is 1.93. The second-order valence-electron chi connectivity index (χ2n) is 5.29. The van der Waals surface area contributed by atoms with E-state index in [1.807, 2.05) is 13.8 Å². The number of hydrogen-bond donors (Lipinski definition) is 2. The molecule has 1 aliphatic carbocycles. The molecule has 5 nitrogen and oxygen atoms in total. The van der Waals surface area contributed by atoms with Crippen molar-refractivity contribution >= 4 is 11.9 Å². The lowest BCUT2D eigenvalue weighted by Gasteiger charge is -2.08. The van der Waals surface area contributed by atoms with Crippen LogP contribution in [0.1, 0.15) is 27.7 Å². The number of aliphatic carboxylic acids is 1. The summed E-state index contributed by atoms with van der Waals surface area (Å²) in [6.45, 7) is 7.91. The summed E-state index contributed by atoms with van der Waals surface area (Å²) in [4.78, 5) is 27.5. The van der Waals surface area contributed by atoms with Crippen LogP contribution in [0, 0.1) is 23.2 Å². The maximum absolute atomic E-state index is 11.6. The highest BCUT2D eigenvalue weighted by Crippen LogP contribution is 2.58. The topological polar surface area (TPSA) is 75.6 Å². The molecule has 5 heteroatoms. The van der Waals surface area contributed by atoms with E-state index < -0.39 is 23.2 Å². The number of carboxylic acid groups (broad SMARTS) is 1. The average Bonchev–Trinajstić information content (AvgIpc) is 2.68. The average molecular weight is 229 g/mol. The minimum atomic E-state index is -0.922. The van der Waals surface area contributed by atoms with Crippen molar-refractivity contribution in [2.75, 3.05) is 6.61 Å². The van der Waals surface area contributed by atoms with Gasteiger partial charge in [0, 0.05) is 0 Å². The highest BCUT2D eigenvalue weighted by atomic mass is 16.7. The van der Waals surface area contributed by atoms with Crippen molar-refractivity contribution in [2.45, 2.75) is 27.7 Å². The number of carboxylic acids is 1. The Kier molecular flexibility index (Phi) is 3.57. The van der Waals surface area contributed by atoms with Crippen LogP contribution in [0.2, 0.25) is 0 Å². The summed E-state index contributed by atoms with van der Waals surface area (Å²) in [5, 5.41) is 8.90. The molecule has 1 amide bonds. The largest absolute Gasteiger partial charge is 0.481 e. The lowest BCUT2D eigenvalue weighted by atomic mass is 10.1. The molecule has 0 aromatic rings. The maximum Gasteiger partial charge on any atom is 0.307 e. The predicted octanol–water partition coefficient (Wildman–Crippen LogP) is 1.05. The van der Waals surface area contributed by atoms with Crippen molar-refractivity contribution in [1.82, 2.24) is 5.48 Å². The Morgan fingerprint density at radius 2 is 1.94 bits per heavy atom. The molecule has 2 N–H and O–H groups in total. The van der Waals surface area contributed by atoms with E-state index in [1.54, 1.807) is 13.8 Å². The van der Waals surface area contributed by atoms with Crippen molar-refractivity contribution in [2.24, 2.45) is 23.2 Å². The molecule has 92 valence electrons. The fraction of sp³-hybridized carbons (Fsp3) is 0.818. The smallest absolute Gasteiger partial charge is 0.307 e. The minimum absolute atomic E-state index is 0.322. The molecule has 0 aromatic heterocycles. The minimum Gasteiger partial charge on any atom is -0.481 e. The Morgan fingerprint density at radius 3 is 2.31 bits per heavy atom. The normalized spacial score (nSPS) is 26.6. The summed E-state index contributed by atoms with van der Waals surface area (Å²) in [7, 11) is 0. The van der Waals surface area contributed by atoms with E-state index in [9.17, 15) is 9.59 Å². The third-order valence-electron chi connectivity index (χ3n) is 2.97. The maximum atomic E-state index is 11.6. The Labute approximate surface area is 95.1 Å². The summed E-state index contributed by atoms with van der Waals surface area (Å²) >= 11 is 0. The molecule has 0 saturated heterocycles. The third kappa shape index (κ3) is 2.52. The number of carbonyl (C=O) groups excluding carboxylic acids is 1. The van der Waals surface area contributed by atoms with Crippen LogP contribution in [0.15, 0.2) is 0 Å². The van der Waals surface area contributed by atoms with Crippen LogP contribution in [0.3, 0.4) is 0 Å². The molecular formula is C11H19NO4. The molecule has 0 aliphatic heterocycles. The van der Waals surface area contributed by atoms with Gasteiger partial charge < -0.3 is 5.11 Å². The van der Waals surface area contributed by atoms with Crippen LogP contribution >= 0.6 is 0 Å². The van der Waals surface area contributed by atoms with Crippen LogP contribution < -0.4 is 5.48 Å². The third-order valence-corrected chi connectivity index (χ3v) is 2.97. The van der Waals surface area contributed by atoms with Crippen LogP contribution in [0.4, 0.5) is 0 Å². The lowest BCUT2D eigenvalue weighted by molar-refractivity contribution is -0.142. The van der Waals surface area contributed by atoms with E-state index in [0.717, 1.165) is 0 Å². The summed E-state index contributed by atoms with van der Waals surface area (Å²) in [6.07, 6.45) is 0. The zero-order chi connectivity index (χ0) is 12.5. The van der Waals surface area contributed by atoms with Gasteiger partial charge in [-0.15, -0.1) is 0 Å². The lowest BCUT2D eigenvalue weighted by Crippen LogP contribution is -2.28. The van der Waals surface area contributed by atoms with E-state index in [-0.39, 0.29) is 5.91 Å². The van der Waals surface area contributed by atoms with Gasteiger partial charge in [-0.3, -0.25) is 14.4 Å². The van der Waals surface area contributed by atoms with Gasteiger partial charge in [0.2, 0.25) is 5.91 Å². The monoisotopic (exact) mass is 229 g/mol. The number of nitrogens with one attached hydrogen (secondary N) is 1. The molecule has 0 radical (unpaired) electrons. The van der Waals surface area contributed by atoms with Crippen LogP contribution in [0.25, 0.3) is 0 Å². The first kappa shape index (κ1) is 13.0. The Balaban J connectivity index is 2.42.